The van der Waals surface area contributed by atoms with Crippen LogP contribution in [0.4, 0.5) is 0 Å². The first-order chi connectivity index (χ1) is 9.27. The second-order valence-corrected chi connectivity index (χ2v) is 3.73. The molecule has 1 aromatic heterocycles. The zero-order valence-corrected chi connectivity index (χ0v) is 10.3. The van der Waals surface area contributed by atoms with Gasteiger partial charge in [-0.05, 0) is 18.2 Å². The zero-order valence-electron chi connectivity index (χ0n) is 10.3. The SMILES string of the molecule is NC(=O)c1ccccc1OCCOc1ccccn1. The van der Waals surface area contributed by atoms with Crippen molar-refractivity contribution in [3.05, 3.63) is 54.2 Å². The van der Waals surface area contributed by atoms with Crippen molar-refractivity contribution in [2.45, 2.75) is 0 Å². The molecule has 98 valence electrons. The summed E-state index contributed by atoms with van der Waals surface area (Å²) in [5.74, 6) is 0.482. The molecule has 0 saturated carbocycles. The van der Waals surface area contributed by atoms with Gasteiger partial charge in [0, 0.05) is 12.3 Å². The van der Waals surface area contributed by atoms with Crippen LogP contribution in [-0.2, 0) is 0 Å². The Balaban J connectivity index is 1.85. The van der Waals surface area contributed by atoms with E-state index < -0.39 is 5.91 Å². The lowest BCUT2D eigenvalue weighted by Crippen LogP contribution is -2.15. The fourth-order valence-corrected chi connectivity index (χ4v) is 1.53. The van der Waals surface area contributed by atoms with E-state index in [0.717, 1.165) is 0 Å². The van der Waals surface area contributed by atoms with Crippen LogP contribution >= 0.6 is 0 Å². The molecule has 19 heavy (non-hydrogen) atoms. The Morgan fingerprint density at radius 2 is 1.79 bits per heavy atom. The van der Waals surface area contributed by atoms with Crippen LogP contribution in [0.2, 0.25) is 0 Å². The van der Waals surface area contributed by atoms with Crippen molar-refractivity contribution in [3.8, 4) is 11.6 Å². The molecule has 0 unspecified atom stereocenters. The van der Waals surface area contributed by atoms with Crippen molar-refractivity contribution in [2.75, 3.05) is 13.2 Å². The number of para-hydroxylation sites is 1. The van der Waals surface area contributed by atoms with Gasteiger partial charge in [0.15, 0.2) is 0 Å². The van der Waals surface area contributed by atoms with Gasteiger partial charge in [0.05, 0.1) is 5.56 Å². The van der Waals surface area contributed by atoms with Crippen LogP contribution in [0.25, 0.3) is 0 Å². The quantitative estimate of drug-likeness (QED) is 0.799. The molecular formula is C14H14N2O3. The molecule has 0 aliphatic carbocycles. The minimum Gasteiger partial charge on any atom is -0.489 e. The summed E-state index contributed by atoms with van der Waals surface area (Å²) in [4.78, 5) is 15.2. The third-order valence-electron chi connectivity index (χ3n) is 2.38. The molecule has 2 aromatic rings. The van der Waals surface area contributed by atoms with Gasteiger partial charge in [-0.25, -0.2) is 4.98 Å². The molecule has 1 amide bonds. The normalized spacial score (nSPS) is 9.89. The van der Waals surface area contributed by atoms with Crippen LogP contribution in [-0.4, -0.2) is 24.1 Å². The Morgan fingerprint density at radius 1 is 1.05 bits per heavy atom. The van der Waals surface area contributed by atoms with E-state index in [9.17, 15) is 4.79 Å². The van der Waals surface area contributed by atoms with Gasteiger partial charge in [-0.1, -0.05) is 18.2 Å². The molecule has 0 fully saturated rings. The number of ether oxygens (including phenoxy) is 2. The highest BCUT2D eigenvalue weighted by molar-refractivity contribution is 5.95. The Bertz CT molecular complexity index is 543. The molecule has 1 aromatic carbocycles. The number of hydrogen-bond acceptors (Lipinski definition) is 4. The Hall–Kier alpha value is -2.56. The van der Waals surface area contributed by atoms with Gasteiger partial charge in [-0.15, -0.1) is 0 Å². The molecule has 0 bridgehead atoms. The molecule has 2 N–H and O–H groups in total. The third kappa shape index (κ3) is 3.70. The van der Waals surface area contributed by atoms with E-state index in [-0.39, 0.29) is 0 Å². The fourth-order valence-electron chi connectivity index (χ4n) is 1.53. The van der Waals surface area contributed by atoms with E-state index in [0.29, 0.717) is 30.4 Å². The van der Waals surface area contributed by atoms with Gasteiger partial charge in [-0.3, -0.25) is 4.79 Å². The van der Waals surface area contributed by atoms with Crippen molar-refractivity contribution < 1.29 is 14.3 Å². The highest BCUT2D eigenvalue weighted by atomic mass is 16.5. The number of primary amides is 1. The lowest BCUT2D eigenvalue weighted by atomic mass is 10.2. The molecule has 0 aliphatic heterocycles. The van der Waals surface area contributed by atoms with Gasteiger partial charge >= 0.3 is 0 Å². The first-order valence-corrected chi connectivity index (χ1v) is 5.83. The van der Waals surface area contributed by atoms with E-state index >= 15 is 0 Å². The lowest BCUT2D eigenvalue weighted by molar-refractivity contribution is 0.0995. The second kappa shape index (κ2) is 6.39. The highest BCUT2D eigenvalue weighted by Crippen LogP contribution is 2.16. The second-order valence-electron chi connectivity index (χ2n) is 3.73. The van der Waals surface area contributed by atoms with Gasteiger partial charge in [0.1, 0.15) is 19.0 Å². The maximum absolute atomic E-state index is 11.2. The van der Waals surface area contributed by atoms with Crippen molar-refractivity contribution in [1.82, 2.24) is 4.98 Å². The Morgan fingerprint density at radius 3 is 2.53 bits per heavy atom. The molecule has 2 rings (SSSR count). The number of nitrogens with zero attached hydrogens (tertiary/aromatic N) is 1. The van der Waals surface area contributed by atoms with Crippen LogP contribution in [0.15, 0.2) is 48.7 Å². The highest BCUT2D eigenvalue weighted by Gasteiger charge is 2.07. The standard InChI is InChI=1S/C14H14N2O3/c15-14(17)11-5-1-2-6-12(11)18-9-10-19-13-7-3-4-8-16-13/h1-8H,9-10H2,(H2,15,17). The summed E-state index contributed by atoms with van der Waals surface area (Å²) in [7, 11) is 0. The predicted molar refractivity (Wildman–Crippen MR) is 70.2 cm³/mol. The van der Waals surface area contributed by atoms with Crippen molar-refractivity contribution >= 4 is 5.91 Å². The van der Waals surface area contributed by atoms with Crippen molar-refractivity contribution in [2.24, 2.45) is 5.73 Å². The molecule has 0 radical (unpaired) electrons. The van der Waals surface area contributed by atoms with Gasteiger partial charge in [-0.2, -0.15) is 0 Å². The average molecular weight is 258 g/mol. The number of rotatable bonds is 6. The third-order valence-corrected chi connectivity index (χ3v) is 2.38. The first-order valence-electron chi connectivity index (χ1n) is 5.83. The van der Waals surface area contributed by atoms with E-state index in [2.05, 4.69) is 4.98 Å². The molecule has 0 saturated heterocycles. The number of benzene rings is 1. The summed E-state index contributed by atoms with van der Waals surface area (Å²) in [6.45, 7) is 0.644. The van der Waals surface area contributed by atoms with E-state index in [4.69, 9.17) is 15.2 Å². The monoisotopic (exact) mass is 258 g/mol. The first kappa shape index (κ1) is 12.9. The van der Waals surface area contributed by atoms with Crippen LogP contribution in [0, 0.1) is 0 Å². The lowest BCUT2D eigenvalue weighted by Gasteiger charge is -2.09. The van der Waals surface area contributed by atoms with Gasteiger partial charge < -0.3 is 15.2 Å². The van der Waals surface area contributed by atoms with Crippen LogP contribution in [0.1, 0.15) is 10.4 Å². The summed E-state index contributed by atoms with van der Waals surface area (Å²) in [5, 5.41) is 0. The van der Waals surface area contributed by atoms with Crippen LogP contribution < -0.4 is 15.2 Å². The maximum Gasteiger partial charge on any atom is 0.252 e. The van der Waals surface area contributed by atoms with Gasteiger partial charge in [0.25, 0.3) is 5.91 Å². The topological polar surface area (TPSA) is 74.4 Å². The number of hydrogen-bond donors (Lipinski definition) is 1. The molecular weight excluding hydrogens is 244 g/mol. The summed E-state index contributed by atoms with van der Waals surface area (Å²) < 4.78 is 10.8. The summed E-state index contributed by atoms with van der Waals surface area (Å²) in [6, 6.07) is 12.2. The van der Waals surface area contributed by atoms with Crippen molar-refractivity contribution in [3.63, 3.8) is 0 Å². The zero-order chi connectivity index (χ0) is 13.5. The van der Waals surface area contributed by atoms with E-state index in [1.807, 2.05) is 12.1 Å². The molecule has 0 spiro atoms. The molecule has 1 heterocycles. The van der Waals surface area contributed by atoms with Crippen LogP contribution in [0.5, 0.6) is 11.6 Å². The predicted octanol–water partition coefficient (Wildman–Crippen LogP) is 1.64. The minimum atomic E-state index is -0.513. The fraction of sp³-hybridized carbons (Fsp3) is 0.143. The number of carbonyl (C=O) groups is 1. The minimum absolute atomic E-state index is 0.306. The smallest absolute Gasteiger partial charge is 0.252 e. The molecule has 0 aliphatic rings. The molecule has 5 heteroatoms. The number of aromatic nitrogens is 1. The van der Waals surface area contributed by atoms with E-state index in [1.165, 1.54) is 0 Å². The van der Waals surface area contributed by atoms with Crippen LogP contribution in [0.3, 0.4) is 0 Å². The summed E-state index contributed by atoms with van der Waals surface area (Å²) in [5.41, 5.74) is 5.61. The molecule has 0 atom stereocenters. The number of amides is 1. The Kier molecular flexibility index (Phi) is 4.34. The number of pyridine rings is 1. The Labute approximate surface area is 111 Å². The number of carbonyl (C=O) groups excluding carboxylic acids is 1. The summed E-state index contributed by atoms with van der Waals surface area (Å²) >= 11 is 0. The maximum atomic E-state index is 11.2. The molecule has 5 nitrogen and oxygen atoms in total. The average Bonchev–Trinajstić information content (AvgIpc) is 2.45. The number of nitrogens with two attached hydrogens (primary N) is 1. The largest absolute Gasteiger partial charge is 0.489 e. The van der Waals surface area contributed by atoms with Gasteiger partial charge in [0.2, 0.25) is 5.88 Å². The van der Waals surface area contributed by atoms with Crippen molar-refractivity contribution in [1.29, 1.82) is 0 Å². The van der Waals surface area contributed by atoms with E-state index in [1.54, 1.807) is 36.5 Å². The summed E-state index contributed by atoms with van der Waals surface area (Å²) in [6.07, 6.45) is 1.65.